The standard InChI is InChI=1S/C24H21ClN2O4/c1-24(2,3)17-13-18(26-31-17)27-20(14-9-11-16(25)12-10-14)19(22(29)23(27)30)21(28)15-7-5-4-6-8-15/h4-13,20,28H,1-3H3/t20-/m0/s1. The zero-order chi connectivity index (χ0) is 22.3. The summed E-state index contributed by atoms with van der Waals surface area (Å²) < 4.78 is 5.45. The number of benzene rings is 2. The van der Waals surface area contributed by atoms with E-state index in [0.717, 1.165) is 0 Å². The van der Waals surface area contributed by atoms with Gasteiger partial charge in [-0.15, -0.1) is 0 Å². The molecule has 158 valence electrons. The van der Waals surface area contributed by atoms with E-state index in [2.05, 4.69) is 5.16 Å². The average Bonchev–Trinajstić information content (AvgIpc) is 3.33. The molecular formula is C24H21ClN2O4. The van der Waals surface area contributed by atoms with Crippen LogP contribution in [0.4, 0.5) is 5.82 Å². The number of aliphatic hydroxyl groups is 1. The van der Waals surface area contributed by atoms with E-state index in [4.69, 9.17) is 16.1 Å². The Morgan fingerprint density at radius 3 is 2.29 bits per heavy atom. The fourth-order valence-electron chi connectivity index (χ4n) is 3.51. The normalized spacial score (nSPS) is 18.6. The van der Waals surface area contributed by atoms with Crippen LogP contribution in [0.2, 0.25) is 5.02 Å². The summed E-state index contributed by atoms with van der Waals surface area (Å²) in [5.41, 5.74) is 0.703. The molecule has 0 spiro atoms. The Morgan fingerprint density at radius 1 is 1.06 bits per heavy atom. The Labute approximate surface area is 184 Å². The number of anilines is 1. The molecule has 3 aromatic rings. The van der Waals surface area contributed by atoms with Gasteiger partial charge in [-0.1, -0.05) is 80.0 Å². The molecule has 31 heavy (non-hydrogen) atoms. The first-order valence-electron chi connectivity index (χ1n) is 9.77. The molecule has 1 aliphatic rings. The minimum atomic E-state index is -0.879. The van der Waals surface area contributed by atoms with E-state index in [0.29, 0.717) is 21.9 Å². The molecule has 1 atom stereocenters. The third-order valence-corrected chi connectivity index (χ3v) is 5.41. The molecule has 0 bridgehead atoms. The zero-order valence-electron chi connectivity index (χ0n) is 17.3. The molecule has 1 aromatic heterocycles. The second-order valence-electron chi connectivity index (χ2n) is 8.39. The lowest BCUT2D eigenvalue weighted by molar-refractivity contribution is -0.132. The number of rotatable bonds is 3. The van der Waals surface area contributed by atoms with Crippen molar-refractivity contribution in [2.75, 3.05) is 4.90 Å². The van der Waals surface area contributed by atoms with E-state index < -0.39 is 17.7 Å². The second kappa shape index (κ2) is 7.71. The van der Waals surface area contributed by atoms with Gasteiger partial charge in [-0.25, -0.2) is 0 Å². The van der Waals surface area contributed by atoms with Crippen LogP contribution in [-0.2, 0) is 15.0 Å². The summed E-state index contributed by atoms with van der Waals surface area (Å²) in [6.45, 7) is 5.87. The largest absolute Gasteiger partial charge is 0.507 e. The highest BCUT2D eigenvalue weighted by atomic mass is 35.5. The molecule has 7 heteroatoms. The van der Waals surface area contributed by atoms with Crippen molar-refractivity contribution in [2.45, 2.75) is 32.2 Å². The van der Waals surface area contributed by atoms with Gasteiger partial charge in [0.1, 0.15) is 11.5 Å². The molecule has 1 fully saturated rings. The molecule has 0 unspecified atom stereocenters. The first-order valence-corrected chi connectivity index (χ1v) is 10.2. The topological polar surface area (TPSA) is 83.6 Å². The highest BCUT2D eigenvalue weighted by Crippen LogP contribution is 2.42. The van der Waals surface area contributed by atoms with Gasteiger partial charge < -0.3 is 9.63 Å². The van der Waals surface area contributed by atoms with Crippen LogP contribution in [0, 0.1) is 0 Å². The Hall–Kier alpha value is -3.38. The summed E-state index contributed by atoms with van der Waals surface area (Å²) in [4.78, 5) is 27.4. The van der Waals surface area contributed by atoms with Crippen molar-refractivity contribution in [2.24, 2.45) is 0 Å². The van der Waals surface area contributed by atoms with Crippen molar-refractivity contribution in [1.82, 2.24) is 5.16 Å². The molecule has 4 rings (SSSR count). The van der Waals surface area contributed by atoms with Crippen LogP contribution in [0.3, 0.4) is 0 Å². The van der Waals surface area contributed by atoms with Gasteiger partial charge in [-0.3, -0.25) is 14.5 Å². The van der Waals surface area contributed by atoms with Gasteiger partial charge in [0.15, 0.2) is 5.82 Å². The second-order valence-corrected chi connectivity index (χ2v) is 8.82. The van der Waals surface area contributed by atoms with Gasteiger partial charge in [0.05, 0.1) is 11.6 Å². The highest BCUT2D eigenvalue weighted by molar-refractivity contribution is 6.51. The quantitative estimate of drug-likeness (QED) is 0.344. The number of halogens is 1. The number of ketones is 1. The molecular weight excluding hydrogens is 416 g/mol. The number of carbonyl (C=O) groups excluding carboxylic acids is 2. The summed E-state index contributed by atoms with van der Waals surface area (Å²) >= 11 is 6.04. The minimum absolute atomic E-state index is 0.0150. The van der Waals surface area contributed by atoms with Crippen LogP contribution in [0.1, 0.15) is 43.7 Å². The van der Waals surface area contributed by atoms with Crippen LogP contribution in [0.5, 0.6) is 0 Å². The molecule has 0 aliphatic carbocycles. The van der Waals surface area contributed by atoms with Crippen molar-refractivity contribution >= 4 is 34.9 Å². The maximum atomic E-state index is 13.1. The third-order valence-electron chi connectivity index (χ3n) is 5.16. The number of amides is 1. The first kappa shape index (κ1) is 20.9. The summed E-state index contributed by atoms with van der Waals surface area (Å²) in [5.74, 6) is -1.05. The minimum Gasteiger partial charge on any atom is -0.507 e. The highest BCUT2D eigenvalue weighted by Gasteiger charge is 2.48. The van der Waals surface area contributed by atoms with Crippen molar-refractivity contribution in [3.8, 4) is 0 Å². The van der Waals surface area contributed by atoms with E-state index in [-0.39, 0.29) is 22.6 Å². The van der Waals surface area contributed by atoms with E-state index >= 15 is 0 Å². The predicted molar refractivity (Wildman–Crippen MR) is 118 cm³/mol. The number of aromatic nitrogens is 1. The fraction of sp³-hybridized carbons (Fsp3) is 0.208. The van der Waals surface area contributed by atoms with Gasteiger partial charge in [-0.2, -0.15) is 0 Å². The Morgan fingerprint density at radius 2 is 1.71 bits per heavy atom. The van der Waals surface area contributed by atoms with E-state index in [1.807, 2.05) is 20.8 Å². The molecule has 2 heterocycles. The maximum Gasteiger partial charge on any atom is 0.301 e. The van der Waals surface area contributed by atoms with Gasteiger partial charge in [0.2, 0.25) is 0 Å². The fourth-order valence-corrected chi connectivity index (χ4v) is 3.64. The average molecular weight is 437 g/mol. The Kier molecular flexibility index (Phi) is 5.19. The van der Waals surface area contributed by atoms with Crippen LogP contribution in [0.15, 0.2) is 70.8 Å². The predicted octanol–water partition coefficient (Wildman–Crippen LogP) is 5.25. The number of hydrogen-bond donors (Lipinski definition) is 1. The SMILES string of the molecule is CC(C)(C)c1cc(N2C(=O)C(=O)C(=C(O)c3ccccc3)[C@@H]2c2ccc(Cl)cc2)no1. The summed E-state index contributed by atoms with van der Waals surface area (Å²) in [6, 6.07) is 16.2. The number of aliphatic hydroxyl groups excluding tert-OH is 1. The molecule has 1 aliphatic heterocycles. The summed E-state index contributed by atoms with van der Waals surface area (Å²) in [6.07, 6.45) is 0. The van der Waals surface area contributed by atoms with E-state index in [1.165, 1.54) is 4.90 Å². The van der Waals surface area contributed by atoms with Crippen molar-refractivity contribution < 1.29 is 19.2 Å². The zero-order valence-corrected chi connectivity index (χ0v) is 18.1. The molecule has 0 saturated carbocycles. The van der Waals surface area contributed by atoms with E-state index in [9.17, 15) is 14.7 Å². The van der Waals surface area contributed by atoms with Gasteiger partial charge in [0, 0.05) is 22.1 Å². The third kappa shape index (κ3) is 3.75. The van der Waals surface area contributed by atoms with Crippen molar-refractivity contribution in [3.63, 3.8) is 0 Å². The van der Waals surface area contributed by atoms with Crippen LogP contribution in [0.25, 0.3) is 5.76 Å². The van der Waals surface area contributed by atoms with Gasteiger partial charge in [0.25, 0.3) is 5.78 Å². The number of hydrogen-bond acceptors (Lipinski definition) is 5. The summed E-state index contributed by atoms with van der Waals surface area (Å²) in [5, 5.41) is 15.6. The number of Topliss-reactive ketones (excluding diaryl/α,β-unsaturated/α-hetero) is 1. The van der Waals surface area contributed by atoms with Gasteiger partial charge >= 0.3 is 5.91 Å². The van der Waals surface area contributed by atoms with Crippen LogP contribution < -0.4 is 4.90 Å². The molecule has 1 saturated heterocycles. The Bertz CT molecular complexity index is 1170. The van der Waals surface area contributed by atoms with Crippen molar-refractivity contribution in [1.29, 1.82) is 0 Å². The molecule has 1 N–H and O–H groups in total. The van der Waals surface area contributed by atoms with Gasteiger partial charge in [-0.05, 0) is 17.7 Å². The molecule has 6 nitrogen and oxygen atoms in total. The van der Waals surface area contributed by atoms with Crippen LogP contribution >= 0.6 is 11.6 Å². The lowest BCUT2D eigenvalue weighted by atomic mass is 9.93. The van der Waals surface area contributed by atoms with Crippen molar-refractivity contribution in [3.05, 3.63) is 88.1 Å². The number of carbonyl (C=O) groups is 2. The van der Waals surface area contributed by atoms with E-state index in [1.54, 1.807) is 60.7 Å². The lowest BCUT2D eigenvalue weighted by Gasteiger charge is -2.23. The lowest BCUT2D eigenvalue weighted by Crippen LogP contribution is -2.29. The molecule has 1 amide bonds. The number of nitrogens with zero attached hydrogens (tertiary/aromatic N) is 2. The Balaban J connectivity index is 1.92. The smallest absolute Gasteiger partial charge is 0.301 e. The first-order chi connectivity index (χ1) is 14.7. The molecule has 0 radical (unpaired) electrons. The van der Waals surface area contributed by atoms with Crippen LogP contribution in [-0.4, -0.2) is 22.0 Å². The molecule has 2 aromatic carbocycles. The summed E-state index contributed by atoms with van der Waals surface area (Å²) in [7, 11) is 0. The maximum absolute atomic E-state index is 13.1. The monoisotopic (exact) mass is 436 g/mol.